The number of methoxy groups -OCH3 is 1. The van der Waals surface area contributed by atoms with Crippen LogP contribution < -0.4 is 4.74 Å². The number of nitrogens with zero attached hydrogens (tertiary/aromatic N) is 1. The second-order valence-electron chi connectivity index (χ2n) is 3.48. The maximum atomic E-state index is 12.0. The summed E-state index contributed by atoms with van der Waals surface area (Å²) >= 11 is 1.74. The second-order valence-corrected chi connectivity index (χ2v) is 4.79. The summed E-state index contributed by atoms with van der Waals surface area (Å²) in [4.78, 5) is 16.0. The lowest BCUT2D eigenvalue weighted by molar-refractivity contribution is 0.0988. The zero-order valence-corrected chi connectivity index (χ0v) is 9.42. The van der Waals surface area contributed by atoms with Gasteiger partial charge in [-0.1, -0.05) is 0 Å². The molecule has 1 atom stereocenters. The van der Waals surface area contributed by atoms with Gasteiger partial charge < -0.3 is 4.74 Å². The van der Waals surface area contributed by atoms with Gasteiger partial charge in [-0.05, 0) is 24.7 Å². The number of rotatable bonds is 3. The van der Waals surface area contributed by atoms with Crippen molar-refractivity contribution < 1.29 is 9.53 Å². The summed E-state index contributed by atoms with van der Waals surface area (Å²) in [6.45, 7) is 0. The third kappa shape index (κ3) is 2.31. The van der Waals surface area contributed by atoms with Crippen molar-refractivity contribution >= 4 is 17.5 Å². The summed E-state index contributed by atoms with van der Waals surface area (Å²) in [5.41, 5.74) is 0.661. The number of aromatic nitrogens is 1. The molecule has 0 N–H and O–H groups in total. The van der Waals surface area contributed by atoms with Gasteiger partial charge in [0.25, 0.3) is 0 Å². The fourth-order valence-electron chi connectivity index (χ4n) is 1.64. The van der Waals surface area contributed by atoms with Crippen molar-refractivity contribution in [1.82, 2.24) is 4.98 Å². The van der Waals surface area contributed by atoms with Crippen LogP contribution in [0.25, 0.3) is 0 Å². The van der Waals surface area contributed by atoms with Crippen LogP contribution in [0.15, 0.2) is 18.5 Å². The Morgan fingerprint density at radius 3 is 3.13 bits per heavy atom. The van der Waals surface area contributed by atoms with E-state index in [1.54, 1.807) is 37.3 Å². The normalized spacial score (nSPS) is 20.2. The van der Waals surface area contributed by atoms with Crippen LogP contribution in [0.5, 0.6) is 5.75 Å². The molecular formula is C11H13NO2S. The van der Waals surface area contributed by atoms with Gasteiger partial charge in [0.15, 0.2) is 5.78 Å². The van der Waals surface area contributed by atoms with Gasteiger partial charge >= 0.3 is 0 Å². The molecule has 4 heteroatoms. The zero-order chi connectivity index (χ0) is 10.7. The summed E-state index contributed by atoms with van der Waals surface area (Å²) in [5, 5.41) is 0.124. The van der Waals surface area contributed by atoms with Crippen LogP contribution in [0.4, 0.5) is 0 Å². The van der Waals surface area contributed by atoms with E-state index in [0.717, 1.165) is 18.6 Å². The summed E-state index contributed by atoms with van der Waals surface area (Å²) in [5.74, 6) is 1.92. The lowest BCUT2D eigenvalue weighted by atomic mass is 10.1. The van der Waals surface area contributed by atoms with Crippen LogP contribution in [-0.2, 0) is 0 Å². The van der Waals surface area contributed by atoms with Gasteiger partial charge in [-0.15, -0.1) is 0 Å². The molecule has 0 saturated carbocycles. The smallest absolute Gasteiger partial charge is 0.177 e. The van der Waals surface area contributed by atoms with Gasteiger partial charge in [0.1, 0.15) is 5.75 Å². The monoisotopic (exact) mass is 223 g/mol. The Morgan fingerprint density at radius 2 is 2.47 bits per heavy atom. The Morgan fingerprint density at radius 1 is 1.60 bits per heavy atom. The number of thioether (sulfide) groups is 1. The molecule has 1 aliphatic rings. The van der Waals surface area contributed by atoms with E-state index in [9.17, 15) is 4.79 Å². The average Bonchev–Trinajstić information content (AvgIpc) is 2.81. The summed E-state index contributed by atoms with van der Waals surface area (Å²) < 4.78 is 5.05. The minimum absolute atomic E-state index is 0.124. The molecule has 3 nitrogen and oxygen atoms in total. The zero-order valence-electron chi connectivity index (χ0n) is 8.60. The third-order valence-electron chi connectivity index (χ3n) is 2.46. The molecule has 0 bridgehead atoms. The molecule has 0 aliphatic carbocycles. The topological polar surface area (TPSA) is 39.2 Å². The third-order valence-corrected chi connectivity index (χ3v) is 3.83. The van der Waals surface area contributed by atoms with E-state index in [-0.39, 0.29) is 11.0 Å². The van der Waals surface area contributed by atoms with Gasteiger partial charge in [-0.25, -0.2) is 0 Å². The summed E-state index contributed by atoms with van der Waals surface area (Å²) in [7, 11) is 1.58. The van der Waals surface area contributed by atoms with E-state index >= 15 is 0 Å². The Hall–Kier alpha value is -1.03. The Kier molecular flexibility index (Phi) is 3.26. The average molecular weight is 223 g/mol. The fourth-order valence-corrected chi connectivity index (χ4v) is 2.87. The second kappa shape index (κ2) is 4.66. The molecule has 1 aromatic rings. The van der Waals surface area contributed by atoms with Crippen LogP contribution in [0.3, 0.4) is 0 Å². The van der Waals surface area contributed by atoms with E-state index in [1.165, 1.54) is 0 Å². The maximum absolute atomic E-state index is 12.0. The predicted molar refractivity (Wildman–Crippen MR) is 60.6 cm³/mol. The number of ketones is 1. The summed E-state index contributed by atoms with van der Waals surface area (Å²) in [6.07, 6.45) is 5.35. The van der Waals surface area contributed by atoms with Gasteiger partial charge in [0.2, 0.25) is 0 Å². The lowest BCUT2D eigenvalue weighted by Crippen LogP contribution is -2.14. The molecule has 0 radical (unpaired) electrons. The molecule has 2 rings (SSSR count). The minimum Gasteiger partial charge on any atom is -0.495 e. The van der Waals surface area contributed by atoms with Crippen LogP contribution in [0.2, 0.25) is 0 Å². The predicted octanol–water partition coefficient (Wildman–Crippen LogP) is 2.17. The number of Topliss-reactive ketones (excluding diaryl/α,β-unsaturated/α-hetero) is 1. The molecule has 1 unspecified atom stereocenters. The molecule has 80 valence electrons. The van der Waals surface area contributed by atoms with Crippen molar-refractivity contribution in [3.8, 4) is 5.75 Å². The van der Waals surface area contributed by atoms with Crippen molar-refractivity contribution in [3.63, 3.8) is 0 Å². The Balaban J connectivity index is 2.17. The number of carbonyl (C=O) groups is 1. The first-order valence-electron chi connectivity index (χ1n) is 4.96. The molecule has 0 amide bonds. The molecule has 1 aliphatic heterocycles. The highest BCUT2D eigenvalue weighted by molar-refractivity contribution is 8.00. The van der Waals surface area contributed by atoms with Crippen LogP contribution in [-0.4, -0.2) is 28.9 Å². The highest BCUT2D eigenvalue weighted by atomic mass is 32.2. The molecule has 0 aromatic carbocycles. The number of ether oxygens (including phenoxy) is 1. The minimum atomic E-state index is 0.124. The van der Waals surface area contributed by atoms with Crippen molar-refractivity contribution in [1.29, 1.82) is 0 Å². The SMILES string of the molecule is COc1cncc(C(=O)C2CCCS2)c1. The van der Waals surface area contributed by atoms with Crippen LogP contribution in [0.1, 0.15) is 23.2 Å². The first kappa shape index (κ1) is 10.5. The summed E-state index contributed by atoms with van der Waals surface area (Å²) in [6, 6.07) is 1.76. The van der Waals surface area contributed by atoms with E-state index in [0.29, 0.717) is 11.3 Å². The first-order chi connectivity index (χ1) is 7.31. The molecule has 0 spiro atoms. The van der Waals surface area contributed by atoms with E-state index in [2.05, 4.69) is 4.98 Å². The van der Waals surface area contributed by atoms with Gasteiger partial charge in [-0.2, -0.15) is 11.8 Å². The Labute approximate surface area is 93.2 Å². The highest BCUT2D eigenvalue weighted by Crippen LogP contribution is 2.29. The Bertz CT molecular complexity index is 361. The molecular weight excluding hydrogens is 210 g/mol. The van der Waals surface area contributed by atoms with Crippen LogP contribution in [0, 0.1) is 0 Å². The van der Waals surface area contributed by atoms with Crippen LogP contribution >= 0.6 is 11.8 Å². The number of hydrogen-bond donors (Lipinski definition) is 0. The number of carbonyl (C=O) groups excluding carboxylic acids is 1. The van der Waals surface area contributed by atoms with Crippen molar-refractivity contribution in [2.75, 3.05) is 12.9 Å². The fraction of sp³-hybridized carbons (Fsp3) is 0.455. The van der Waals surface area contributed by atoms with E-state index in [1.807, 2.05) is 0 Å². The quantitative estimate of drug-likeness (QED) is 0.736. The molecule has 1 aromatic heterocycles. The standard InChI is InChI=1S/C11H13NO2S/c1-14-9-5-8(6-12-7-9)11(13)10-3-2-4-15-10/h5-7,10H,2-4H2,1H3. The lowest BCUT2D eigenvalue weighted by Gasteiger charge is -2.07. The van der Waals surface area contributed by atoms with E-state index in [4.69, 9.17) is 4.74 Å². The largest absolute Gasteiger partial charge is 0.495 e. The highest BCUT2D eigenvalue weighted by Gasteiger charge is 2.24. The number of hydrogen-bond acceptors (Lipinski definition) is 4. The molecule has 1 saturated heterocycles. The molecule has 1 fully saturated rings. The maximum Gasteiger partial charge on any atom is 0.177 e. The van der Waals surface area contributed by atoms with E-state index < -0.39 is 0 Å². The van der Waals surface area contributed by atoms with Gasteiger partial charge in [-0.3, -0.25) is 9.78 Å². The van der Waals surface area contributed by atoms with Crippen molar-refractivity contribution in [2.24, 2.45) is 0 Å². The number of pyridine rings is 1. The van der Waals surface area contributed by atoms with Gasteiger partial charge in [0.05, 0.1) is 18.6 Å². The van der Waals surface area contributed by atoms with Crippen molar-refractivity contribution in [3.05, 3.63) is 24.0 Å². The van der Waals surface area contributed by atoms with Crippen molar-refractivity contribution in [2.45, 2.75) is 18.1 Å². The molecule has 15 heavy (non-hydrogen) atoms. The molecule has 2 heterocycles. The first-order valence-corrected chi connectivity index (χ1v) is 6.01. The van der Waals surface area contributed by atoms with Gasteiger partial charge in [0, 0.05) is 11.8 Å².